The third kappa shape index (κ3) is 3.14. The molecule has 2 atom stereocenters. The van der Waals surface area contributed by atoms with Crippen LogP contribution in [0.5, 0.6) is 0 Å². The van der Waals surface area contributed by atoms with Gasteiger partial charge in [0.2, 0.25) is 0 Å². The van der Waals surface area contributed by atoms with Gasteiger partial charge in [-0.25, -0.2) is 0 Å². The van der Waals surface area contributed by atoms with Crippen molar-refractivity contribution < 1.29 is 0 Å². The van der Waals surface area contributed by atoms with Gasteiger partial charge in [0.05, 0.1) is 0 Å². The first-order valence-electron chi connectivity index (χ1n) is 8.53. The van der Waals surface area contributed by atoms with E-state index in [1.54, 1.807) is 0 Å². The molecule has 3 heteroatoms. The maximum absolute atomic E-state index is 3.69. The minimum atomic E-state index is 0.724. The van der Waals surface area contributed by atoms with Gasteiger partial charge < -0.3 is 10.2 Å². The van der Waals surface area contributed by atoms with Gasteiger partial charge in [0.15, 0.2) is 0 Å². The number of halogens is 1. The van der Waals surface area contributed by atoms with Crippen LogP contribution in [0.3, 0.4) is 0 Å². The monoisotopic (exact) mass is 350 g/mol. The van der Waals surface area contributed by atoms with Crippen LogP contribution in [0.15, 0.2) is 22.7 Å². The maximum Gasteiger partial charge on any atom is 0.0404 e. The Balaban J connectivity index is 1.88. The molecule has 0 saturated carbocycles. The SMILES string of the molecule is CCNC1CC2CCCC(C1)N2c1ccc(Br)cc1CC. The van der Waals surface area contributed by atoms with E-state index < -0.39 is 0 Å². The van der Waals surface area contributed by atoms with E-state index in [0.717, 1.165) is 31.1 Å². The second kappa shape index (κ2) is 6.70. The van der Waals surface area contributed by atoms with Crippen molar-refractivity contribution in [3.05, 3.63) is 28.2 Å². The fourth-order valence-electron chi connectivity index (χ4n) is 4.32. The summed E-state index contributed by atoms with van der Waals surface area (Å²) < 4.78 is 1.20. The smallest absolute Gasteiger partial charge is 0.0404 e. The Hall–Kier alpha value is -0.540. The second-order valence-corrected chi connectivity index (χ2v) is 7.41. The zero-order valence-corrected chi connectivity index (χ0v) is 14.8. The largest absolute Gasteiger partial charge is 0.365 e. The first-order valence-corrected chi connectivity index (χ1v) is 9.32. The van der Waals surface area contributed by atoms with Gasteiger partial charge in [-0.3, -0.25) is 0 Å². The zero-order valence-electron chi connectivity index (χ0n) is 13.2. The molecule has 2 saturated heterocycles. The molecule has 1 aromatic rings. The van der Waals surface area contributed by atoms with Crippen LogP contribution in [0.25, 0.3) is 0 Å². The van der Waals surface area contributed by atoms with Gasteiger partial charge in [-0.15, -0.1) is 0 Å². The van der Waals surface area contributed by atoms with Crippen molar-refractivity contribution in [3.8, 4) is 0 Å². The van der Waals surface area contributed by atoms with E-state index in [2.05, 4.69) is 58.2 Å². The Labute approximate surface area is 137 Å². The molecule has 0 aromatic heterocycles. The van der Waals surface area contributed by atoms with E-state index in [4.69, 9.17) is 0 Å². The number of nitrogens with zero attached hydrogens (tertiary/aromatic N) is 1. The standard InChI is InChI=1S/C18H27BrN2/c1-3-13-10-14(19)8-9-18(13)21-16-6-5-7-17(21)12-15(11-16)20-4-2/h8-10,15-17,20H,3-7,11-12H2,1-2H3. The number of anilines is 1. The maximum atomic E-state index is 3.69. The summed E-state index contributed by atoms with van der Waals surface area (Å²) in [4.78, 5) is 2.77. The van der Waals surface area contributed by atoms with Gasteiger partial charge in [-0.05, 0) is 68.8 Å². The predicted molar refractivity (Wildman–Crippen MR) is 94.1 cm³/mol. The quantitative estimate of drug-likeness (QED) is 0.859. The van der Waals surface area contributed by atoms with Crippen LogP contribution in [0, 0.1) is 0 Å². The topological polar surface area (TPSA) is 15.3 Å². The summed E-state index contributed by atoms with van der Waals surface area (Å²) in [5, 5.41) is 3.69. The van der Waals surface area contributed by atoms with Crippen molar-refractivity contribution in [3.63, 3.8) is 0 Å². The van der Waals surface area contributed by atoms with Crippen LogP contribution < -0.4 is 10.2 Å². The molecule has 0 amide bonds. The highest BCUT2D eigenvalue weighted by Gasteiger charge is 2.38. The number of rotatable bonds is 4. The molecule has 2 bridgehead atoms. The third-order valence-corrected chi connectivity index (χ3v) is 5.66. The van der Waals surface area contributed by atoms with Crippen molar-refractivity contribution >= 4 is 21.6 Å². The molecule has 1 aromatic carbocycles. The molecular formula is C18H27BrN2. The molecule has 2 nitrogen and oxygen atoms in total. The molecule has 2 aliphatic heterocycles. The minimum Gasteiger partial charge on any atom is -0.365 e. The number of piperidine rings is 2. The van der Waals surface area contributed by atoms with Crippen LogP contribution in [-0.4, -0.2) is 24.7 Å². The lowest BCUT2D eigenvalue weighted by molar-refractivity contribution is 0.247. The van der Waals surface area contributed by atoms with E-state index in [-0.39, 0.29) is 0 Å². The first kappa shape index (κ1) is 15.4. The van der Waals surface area contributed by atoms with Gasteiger partial charge in [0.1, 0.15) is 0 Å². The Morgan fingerprint density at radius 1 is 1.19 bits per heavy atom. The summed E-state index contributed by atoms with van der Waals surface area (Å²) in [5.74, 6) is 0. The first-order chi connectivity index (χ1) is 10.2. The van der Waals surface area contributed by atoms with Crippen LogP contribution >= 0.6 is 15.9 Å². The van der Waals surface area contributed by atoms with E-state index >= 15 is 0 Å². The lowest BCUT2D eigenvalue weighted by atomic mass is 9.81. The van der Waals surface area contributed by atoms with Gasteiger partial charge in [-0.1, -0.05) is 29.8 Å². The van der Waals surface area contributed by atoms with Gasteiger partial charge in [0, 0.05) is 28.3 Å². The molecule has 2 fully saturated rings. The normalized spacial score (nSPS) is 28.7. The number of aryl methyl sites for hydroxylation is 1. The lowest BCUT2D eigenvalue weighted by Gasteiger charge is -2.51. The molecule has 3 rings (SSSR count). The Kier molecular flexibility index (Phi) is 4.90. The molecule has 0 aliphatic carbocycles. The van der Waals surface area contributed by atoms with Crippen LogP contribution in [0.1, 0.15) is 51.5 Å². The molecular weight excluding hydrogens is 324 g/mol. The molecule has 2 aliphatic rings. The Morgan fingerprint density at radius 2 is 1.90 bits per heavy atom. The molecule has 0 spiro atoms. The number of hydrogen-bond donors (Lipinski definition) is 1. The third-order valence-electron chi connectivity index (χ3n) is 5.17. The van der Waals surface area contributed by atoms with E-state index in [0.29, 0.717) is 0 Å². The van der Waals surface area contributed by atoms with Crippen molar-refractivity contribution in [2.45, 2.75) is 70.5 Å². The Bertz CT molecular complexity index is 474. The van der Waals surface area contributed by atoms with E-state index in [1.165, 1.54) is 47.8 Å². The summed E-state index contributed by atoms with van der Waals surface area (Å²) in [6.07, 6.45) is 7.85. The highest BCUT2D eigenvalue weighted by Crippen LogP contribution is 2.39. The van der Waals surface area contributed by atoms with Crippen LogP contribution in [0.2, 0.25) is 0 Å². The van der Waals surface area contributed by atoms with Gasteiger partial charge in [-0.2, -0.15) is 0 Å². The number of hydrogen-bond acceptors (Lipinski definition) is 2. The predicted octanol–water partition coefficient (Wildman–Crippen LogP) is 4.51. The zero-order chi connectivity index (χ0) is 14.8. The van der Waals surface area contributed by atoms with Crippen LogP contribution in [-0.2, 0) is 6.42 Å². The number of nitrogens with one attached hydrogen (secondary N) is 1. The summed E-state index contributed by atoms with van der Waals surface area (Å²) in [5.41, 5.74) is 2.98. The number of fused-ring (bicyclic) bond motifs is 2. The molecule has 21 heavy (non-hydrogen) atoms. The summed E-state index contributed by atoms with van der Waals surface area (Å²) in [7, 11) is 0. The molecule has 2 unspecified atom stereocenters. The molecule has 1 N–H and O–H groups in total. The lowest BCUT2D eigenvalue weighted by Crippen LogP contribution is -2.56. The highest BCUT2D eigenvalue weighted by molar-refractivity contribution is 9.10. The Morgan fingerprint density at radius 3 is 2.52 bits per heavy atom. The summed E-state index contributed by atoms with van der Waals surface area (Å²) >= 11 is 3.62. The molecule has 116 valence electrons. The van der Waals surface area contributed by atoms with Crippen LogP contribution in [0.4, 0.5) is 5.69 Å². The molecule has 2 heterocycles. The van der Waals surface area contributed by atoms with E-state index in [9.17, 15) is 0 Å². The summed E-state index contributed by atoms with van der Waals surface area (Å²) in [6.45, 7) is 5.60. The average molecular weight is 351 g/mol. The molecule has 0 radical (unpaired) electrons. The second-order valence-electron chi connectivity index (χ2n) is 6.50. The average Bonchev–Trinajstić information content (AvgIpc) is 2.47. The van der Waals surface area contributed by atoms with Crippen molar-refractivity contribution in [1.29, 1.82) is 0 Å². The van der Waals surface area contributed by atoms with Crippen molar-refractivity contribution in [2.24, 2.45) is 0 Å². The number of benzene rings is 1. The van der Waals surface area contributed by atoms with E-state index in [1.807, 2.05) is 0 Å². The van der Waals surface area contributed by atoms with Crippen molar-refractivity contribution in [1.82, 2.24) is 5.32 Å². The van der Waals surface area contributed by atoms with Gasteiger partial charge >= 0.3 is 0 Å². The van der Waals surface area contributed by atoms with Crippen molar-refractivity contribution in [2.75, 3.05) is 11.4 Å². The minimum absolute atomic E-state index is 0.724. The summed E-state index contributed by atoms with van der Waals surface area (Å²) in [6, 6.07) is 9.03. The highest BCUT2D eigenvalue weighted by atomic mass is 79.9. The fraction of sp³-hybridized carbons (Fsp3) is 0.667. The fourth-order valence-corrected chi connectivity index (χ4v) is 4.73. The van der Waals surface area contributed by atoms with Gasteiger partial charge in [0.25, 0.3) is 0 Å².